The minimum Gasteiger partial charge on any atom is -0.300 e. The van der Waals surface area contributed by atoms with Gasteiger partial charge < -0.3 is 5.32 Å². The number of fused-ring (bicyclic) bond motifs is 2. The Morgan fingerprint density at radius 2 is 2.00 bits per heavy atom. The van der Waals surface area contributed by atoms with Crippen molar-refractivity contribution in [2.75, 3.05) is 5.32 Å². The van der Waals surface area contributed by atoms with E-state index in [4.69, 9.17) is 0 Å². The third-order valence-corrected chi connectivity index (χ3v) is 7.08. The number of hydrogen-bond donors (Lipinski definition) is 1. The number of thiazole rings is 1. The molecule has 1 amide bonds. The first-order valence-corrected chi connectivity index (χ1v) is 11.3. The molecule has 152 valence electrons. The molecule has 0 radical (unpaired) electrons. The number of aryl methyl sites for hydroxylation is 2. The average Bonchev–Trinajstić information content (AvgIpc) is 3.34. The number of nitrogens with one attached hydrogen (secondary N) is 1. The molecule has 1 aliphatic rings. The molecular weight excluding hydrogens is 423 g/mol. The molecule has 5 rings (SSSR count). The molecule has 0 bridgehead atoms. The van der Waals surface area contributed by atoms with Crippen LogP contribution in [-0.2, 0) is 24.2 Å². The number of rotatable bonds is 4. The normalized spacial score (nSPS) is 13.4. The Morgan fingerprint density at radius 3 is 2.80 bits per heavy atom. The van der Waals surface area contributed by atoms with Crippen molar-refractivity contribution < 1.29 is 9.18 Å². The van der Waals surface area contributed by atoms with Gasteiger partial charge in [-0.25, -0.2) is 14.4 Å². The van der Waals surface area contributed by atoms with Gasteiger partial charge in [0.15, 0.2) is 5.13 Å². The van der Waals surface area contributed by atoms with E-state index in [0.717, 1.165) is 36.9 Å². The van der Waals surface area contributed by atoms with Gasteiger partial charge in [-0.1, -0.05) is 12.1 Å². The maximum atomic E-state index is 13.3. The predicted octanol–water partition coefficient (Wildman–Crippen LogP) is 4.24. The lowest BCUT2D eigenvalue weighted by atomic mass is 10.0. The second-order valence-electron chi connectivity index (χ2n) is 7.16. The molecule has 1 N–H and O–H groups in total. The van der Waals surface area contributed by atoms with Gasteiger partial charge >= 0.3 is 0 Å². The van der Waals surface area contributed by atoms with Crippen molar-refractivity contribution >= 4 is 43.9 Å². The second-order valence-corrected chi connectivity index (χ2v) is 9.10. The first-order valence-electron chi connectivity index (χ1n) is 9.59. The highest BCUT2D eigenvalue weighted by atomic mass is 32.1. The first kappa shape index (κ1) is 19.1. The van der Waals surface area contributed by atoms with Crippen molar-refractivity contribution in [3.8, 4) is 11.1 Å². The Morgan fingerprint density at radius 1 is 1.20 bits per heavy atom. The van der Waals surface area contributed by atoms with Crippen LogP contribution in [0.3, 0.4) is 0 Å². The van der Waals surface area contributed by atoms with E-state index in [1.807, 2.05) is 5.38 Å². The van der Waals surface area contributed by atoms with Crippen LogP contribution in [0.4, 0.5) is 9.52 Å². The van der Waals surface area contributed by atoms with Crippen molar-refractivity contribution in [1.29, 1.82) is 0 Å². The van der Waals surface area contributed by atoms with Crippen molar-refractivity contribution in [3.05, 3.63) is 62.7 Å². The number of hydrogen-bond acceptors (Lipinski definition) is 6. The lowest BCUT2D eigenvalue weighted by Crippen LogP contribution is -2.27. The molecule has 0 aliphatic heterocycles. The molecule has 30 heavy (non-hydrogen) atoms. The molecule has 0 saturated carbocycles. The summed E-state index contributed by atoms with van der Waals surface area (Å²) in [5.41, 5.74) is 2.20. The fourth-order valence-electron chi connectivity index (χ4n) is 3.64. The smallest absolute Gasteiger partial charge is 0.263 e. The van der Waals surface area contributed by atoms with Crippen molar-refractivity contribution in [2.24, 2.45) is 0 Å². The molecule has 0 atom stereocenters. The van der Waals surface area contributed by atoms with Crippen molar-refractivity contribution in [3.63, 3.8) is 0 Å². The molecule has 3 heterocycles. The monoisotopic (exact) mass is 440 g/mol. The highest BCUT2D eigenvalue weighted by Crippen LogP contribution is 2.31. The summed E-state index contributed by atoms with van der Waals surface area (Å²) in [6, 6.07) is 5.97. The van der Waals surface area contributed by atoms with E-state index in [9.17, 15) is 14.0 Å². The highest BCUT2D eigenvalue weighted by molar-refractivity contribution is 7.17. The molecule has 6 nitrogen and oxygen atoms in total. The average molecular weight is 441 g/mol. The minimum atomic E-state index is -0.339. The number of carbonyl (C=O) groups is 1. The van der Waals surface area contributed by atoms with Crippen molar-refractivity contribution in [1.82, 2.24) is 14.5 Å². The number of amides is 1. The number of thiophene rings is 1. The van der Waals surface area contributed by atoms with Gasteiger partial charge in [0.05, 0.1) is 17.4 Å². The summed E-state index contributed by atoms with van der Waals surface area (Å²) in [7, 11) is 0. The fourth-order valence-corrected chi connectivity index (χ4v) is 5.61. The molecule has 0 fully saturated rings. The van der Waals surface area contributed by atoms with Gasteiger partial charge in [0, 0.05) is 15.8 Å². The maximum Gasteiger partial charge on any atom is 0.263 e. The predicted molar refractivity (Wildman–Crippen MR) is 117 cm³/mol. The highest BCUT2D eigenvalue weighted by Gasteiger charge is 2.18. The molecule has 0 spiro atoms. The Bertz CT molecular complexity index is 1280. The number of benzene rings is 1. The molecule has 9 heteroatoms. The summed E-state index contributed by atoms with van der Waals surface area (Å²) >= 11 is 2.85. The van der Waals surface area contributed by atoms with Gasteiger partial charge in [0.25, 0.3) is 5.56 Å². The largest absolute Gasteiger partial charge is 0.300 e. The summed E-state index contributed by atoms with van der Waals surface area (Å²) in [4.78, 5) is 36.3. The van der Waals surface area contributed by atoms with E-state index in [-0.39, 0.29) is 23.8 Å². The van der Waals surface area contributed by atoms with E-state index in [1.165, 1.54) is 50.6 Å². The van der Waals surface area contributed by atoms with Crippen LogP contribution in [0.15, 0.2) is 40.8 Å². The number of carbonyl (C=O) groups excluding carboxylic acids is 1. The van der Waals surface area contributed by atoms with Gasteiger partial charge in [-0.05, 0) is 43.4 Å². The summed E-state index contributed by atoms with van der Waals surface area (Å²) in [6.45, 7) is -0.148. The standard InChI is InChI=1S/C21H17FN4O2S2/c22-13-7-5-12(6-8-13)14-10-29-19-18(14)20(28)26(11-23-19)9-17(27)25-21-24-15-3-1-2-4-16(15)30-21/h5-8,10-11H,1-4,9H2,(H,24,25,27). The molecule has 4 aromatic rings. The van der Waals surface area contributed by atoms with Crippen LogP contribution in [0.1, 0.15) is 23.4 Å². The fraction of sp³-hybridized carbons (Fsp3) is 0.238. The van der Waals surface area contributed by atoms with Gasteiger partial charge in [-0.3, -0.25) is 14.2 Å². The number of aromatic nitrogens is 3. The molecule has 1 aliphatic carbocycles. The first-order chi connectivity index (χ1) is 14.6. The van der Waals surface area contributed by atoms with Gasteiger partial charge in [-0.2, -0.15) is 0 Å². The lowest BCUT2D eigenvalue weighted by Gasteiger charge is -2.06. The number of nitrogens with zero attached hydrogens (tertiary/aromatic N) is 3. The molecule has 3 aromatic heterocycles. The minimum absolute atomic E-state index is 0.148. The number of anilines is 1. The molecule has 0 unspecified atom stereocenters. The zero-order valence-corrected chi connectivity index (χ0v) is 17.5. The topological polar surface area (TPSA) is 76.9 Å². The Hall–Kier alpha value is -2.91. The van der Waals surface area contributed by atoms with E-state index >= 15 is 0 Å². The van der Waals surface area contributed by atoms with Crippen LogP contribution in [0.25, 0.3) is 21.3 Å². The SMILES string of the molecule is O=C(Cn1cnc2scc(-c3ccc(F)cc3)c2c1=O)Nc1nc2c(s1)CCCC2. The zero-order chi connectivity index (χ0) is 20.7. The summed E-state index contributed by atoms with van der Waals surface area (Å²) < 4.78 is 14.6. The molecule has 0 saturated heterocycles. The van der Waals surface area contributed by atoms with Crippen LogP contribution in [-0.4, -0.2) is 20.4 Å². The van der Waals surface area contributed by atoms with E-state index < -0.39 is 0 Å². The lowest BCUT2D eigenvalue weighted by molar-refractivity contribution is -0.116. The Kier molecular flexibility index (Phi) is 4.92. The molecular formula is C21H17FN4O2S2. The van der Waals surface area contributed by atoms with Gasteiger partial charge in [0.2, 0.25) is 5.91 Å². The van der Waals surface area contributed by atoms with Crippen LogP contribution >= 0.6 is 22.7 Å². The van der Waals surface area contributed by atoms with Gasteiger partial charge in [0.1, 0.15) is 17.2 Å². The Balaban J connectivity index is 1.41. The summed E-state index contributed by atoms with van der Waals surface area (Å²) in [5, 5.41) is 5.66. The number of halogens is 1. The van der Waals surface area contributed by atoms with Crippen LogP contribution in [0, 0.1) is 5.82 Å². The van der Waals surface area contributed by atoms with Gasteiger partial charge in [-0.15, -0.1) is 22.7 Å². The quantitative estimate of drug-likeness (QED) is 0.515. The van der Waals surface area contributed by atoms with Crippen LogP contribution < -0.4 is 10.9 Å². The summed E-state index contributed by atoms with van der Waals surface area (Å²) in [5.74, 6) is -0.655. The second kappa shape index (κ2) is 7.73. The van der Waals surface area contributed by atoms with E-state index in [2.05, 4.69) is 15.3 Å². The molecule has 1 aromatic carbocycles. The van der Waals surface area contributed by atoms with Crippen LogP contribution in [0.2, 0.25) is 0 Å². The summed E-state index contributed by atoms with van der Waals surface area (Å²) in [6.07, 6.45) is 5.63. The third kappa shape index (κ3) is 3.54. The maximum absolute atomic E-state index is 13.3. The van der Waals surface area contributed by atoms with E-state index in [1.54, 1.807) is 12.1 Å². The Labute approximate surface area is 179 Å². The third-order valence-electron chi connectivity index (χ3n) is 5.12. The zero-order valence-electron chi connectivity index (χ0n) is 15.9. The van der Waals surface area contributed by atoms with Crippen molar-refractivity contribution in [2.45, 2.75) is 32.2 Å². The van der Waals surface area contributed by atoms with Crippen LogP contribution in [0.5, 0.6) is 0 Å². The van der Waals surface area contributed by atoms with E-state index in [0.29, 0.717) is 20.9 Å².